The third kappa shape index (κ3) is 2.99. The van der Waals surface area contributed by atoms with Crippen molar-refractivity contribution in [3.63, 3.8) is 0 Å². The van der Waals surface area contributed by atoms with E-state index in [1.807, 2.05) is 47.8 Å². The van der Waals surface area contributed by atoms with E-state index >= 15 is 0 Å². The van der Waals surface area contributed by atoms with Crippen molar-refractivity contribution in [2.75, 3.05) is 0 Å². The molecule has 112 valence electrons. The van der Waals surface area contributed by atoms with Crippen LogP contribution in [0.4, 0.5) is 0 Å². The van der Waals surface area contributed by atoms with Crippen molar-refractivity contribution in [3.05, 3.63) is 60.2 Å². The van der Waals surface area contributed by atoms with Crippen molar-refractivity contribution in [1.82, 2.24) is 30.2 Å². The number of hydrogen-bond acceptors (Lipinski definition) is 7. The molecule has 4 aromatic rings. The lowest BCUT2D eigenvalue weighted by molar-refractivity contribution is 0.753. The van der Waals surface area contributed by atoms with Crippen molar-refractivity contribution >= 4 is 23.1 Å². The first kappa shape index (κ1) is 14.0. The summed E-state index contributed by atoms with van der Waals surface area (Å²) in [6.07, 6.45) is 3.44. The second-order valence-electron chi connectivity index (χ2n) is 4.55. The highest BCUT2D eigenvalue weighted by molar-refractivity contribution is 8.00. The molecule has 0 atom stereocenters. The molecule has 0 radical (unpaired) electrons. The van der Waals surface area contributed by atoms with Gasteiger partial charge in [-0.25, -0.2) is 4.98 Å². The fourth-order valence-corrected chi connectivity index (χ4v) is 3.73. The fraction of sp³-hybridized carbons (Fsp3) is 0. The van der Waals surface area contributed by atoms with Gasteiger partial charge in [0.15, 0.2) is 4.34 Å². The Labute approximate surface area is 140 Å². The van der Waals surface area contributed by atoms with E-state index in [1.54, 1.807) is 28.4 Å². The van der Waals surface area contributed by atoms with Gasteiger partial charge < -0.3 is 0 Å². The van der Waals surface area contributed by atoms with Crippen molar-refractivity contribution in [2.24, 2.45) is 0 Å². The lowest BCUT2D eigenvalue weighted by atomic mass is 10.2. The van der Waals surface area contributed by atoms with E-state index in [-0.39, 0.29) is 0 Å². The summed E-state index contributed by atoms with van der Waals surface area (Å²) in [5, 5.41) is 14.5. The van der Waals surface area contributed by atoms with Crippen molar-refractivity contribution in [3.8, 4) is 16.9 Å². The molecule has 0 spiro atoms. The lowest BCUT2D eigenvalue weighted by Gasteiger charge is -2.01. The molecular weight excluding hydrogens is 328 g/mol. The summed E-state index contributed by atoms with van der Waals surface area (Å²) >= 11 is 3.01. The molecule has 0 amide bonds. The molecule has 0 aliphatic carbocycles. The molecule has 23 heavy (non-hydrogen) atoms. The maximum absolute atomic E-state index is 4.65. The highest BCUT2D eigenvalue weighted by Crippen LogP contribution is 2.32. The number of benzene rings is 1. The molecule has 0 N–H and O–H groups in total. The maximum atomic E-state index is 4.65. The highest BCUT2D eigenvalue weighted by atomic mass is 32.2. The van der Waals surface area contributed by atoms with Gasteiger partial charge in [-0.3, -0.25) is 4.98 Å². The van der Waals surface area contributed by atoms with Crippen molar-refractivity contribution < 1.29 is 0 Å². The molecule has 4 rings (SSSR count). The zero-order valence-corrected chi connectivity index (χ0v) is 13.4. The summed E-state index contributed by atoms with van der Waals surface area (Å²) in [6.45, 7) is 0. The SMILES string of the molecule is c1ccc(-c2csc(Sc3nnnn3-c3cccnc3)n2)cc1. The average Bonchev–Trinajstić information content (AvgIpc) is 3.26. The number of pyridine rings is 1. The second-order valence-corrected chi connectivity index (χ2v) is 6.62. The first-order valence-corrected chi connectivity index (χ1v) is 8.47. The number of tetrazole rings is 1. The van der Waals surface area contributed by atoms with Gasteiger partial charge in [-0.1, -0.05) is 30.3 Å². The first-order valence-electron chi connectivity index (χ1n) is 6.78. The fourth-order valence-electron chi connectivity index (χ4n) is 2.01. The van der Waals surface area contributed by atoms with Crippen LogP contribution in [0.2, 0.25) is 0 Å². The molecule has 3 aromatic heterocycles. The Kier molecular flexibility index (Phi) is 3.83. The van der Waals surface area contributed by atoms with Gasteiger partial charge in [0, 0.05) is 17.1 Å². The average molecular weight is 338 g/mol. The molecule has 0 saturated heterocycles. The molecule has 0 aliphatic rings. The van der Waals surface area contributed by atoms with Crippen LogP contribution in [0.25, 0.3) is 16.9 Å². The molecule has 0 bridgehead atoms. The van der Waals surface area contributed by atoms with E-state index in [1.165, 1.54) is 11.8 Å². The summed E-state index contributed by atoms with van der Waals surface area (Å²) in [5.74, 6) is 0. The van der Waals surface area contributed by atoms with Crippen LogP contribution in [-0.2, 0) is 0 Å². The van der Waals surface area contributed by atoms with Crippen LogP contribution in [-0.4, -0.2) is 30.2 Å². The number of thiazole rings is 1. The molecule has 6 nitrogen and oxygen atoms in total. The van der Waals surface area contributed by atoms with Crippen molar-refractivity contribution in [1.29, 1.82) is 0 Å². The Morgan fingerprint density at radius 2 is 1.96 bits per heavy atom. The maximum Gasteiger partial charge on any atom is 0.221 e. The minimum Gasteiger partial charge on any atom is -0.262 e. The van der Waals surface area contributed by atoms with E-state index in [0.29, 0.717) is 5.16 Å². The molecule has 3 heterocycles. The minimum absolute atomic E-state index is 0.659. The van der Waals surface area contributed by atoms with Gasteiger partial charge in [0.05, 0.1) is 17.6 Å². The normalized spacial score (nSPS) is 10.8. The van der Waals surface area contributed by atoms with E-state index in [9.17, 15) is 0 Å². The van der Waals surface area contributed by atoms with Crippen LogP contribution >= 0.6 is 23.1 Å². The summed E-state index contributed by atoms with van der Waals surface area (Å²) in [6, 6.07) is 13.8. The molecule has 1 aromatic carbocycles. The van der Waals surface area contributed by atoms with Gasteiger partial charge in [0.25, 0.3) is 0 Å². The Balaban J connectivity index is 1.61. The van der Waals surface area contributed by atoms with Gasteiger partial charge >= 0.3 is 0 Å². The van der Waals surface area contributed by atoms with Crippen LogP contribution in [0.5, 0.6) is 0 Å². The van der Waals surface area contributed by atoms with Gasteiger partial charge in [-0.2, -0.15) is 4.68 Å². The topological polar surface area (TPSA) is 69.4 Å². The minimum atomic E-state index is 0.659. The predicted molar refractivity (Wildman–Crippen MR) is 88.6 cm³/mol. The zero-order chi connectivity index (χ0) is 15.5. The van der Waals surface area contributed by atoms with E-state index in [2.05, 4.69) is 25.5 Å². The second kappa shape index (κ2) is 6.27. The predicted octanol–water partition coefficient (Wildman–Crippen LogP) is 3.33. The summed E-state index contributed by atoms with van der Waals surface area (Å²) in [7, 11) is 0. The standard InChI is InChI=1S/C15H10N6S2/c1-2-5-11(6-3-1)13-10-22-15(17-13)23-14-18-19-20-21(14)12-7-4-8-16-9-12/h1-10H. The summed E-state index contributed by atoms with van der Waals surface area (Å²) in [4.78, 5) is 8.74. The lowest BCUT2D eigenvalue weighted by Crippen LogP contribution is -1.98. The molecule has 0 fully saturated rings. The molecule has 0 aliphatic heterocycles. The Morgan fingerprint density at radius 1 is 1.04 bits per heavy atom. The smallest absolute Gasteiger partial charge is 0.221 e. The third-order valence-corrected chi connectivity index (χ3v) is 4.94. The Morgan fingerprint density at radius 3 is 2.78 bits per heavy atom. The van der Waals surface area contributed by atoms with Crippen LogP contribution in [0.15, 0.2) is 69.7 Å². The van der Waals surface area contributed by atoms with E-state index in [0.717, 1.165) is 21.3 Å². The third-order valence-electron chi connectivity index (χ3n) is 3.06. The number of rotatable bonds is 4. The Hall–Kier alpha value is -2.58. The highest BCUT2D eigenvalue weighted by Gasteiger charge is 2.13. The summed E-state index contributed by atoms with van der Waals surface area (Å²) in [5.41, 5.74) is 2.88. The van der Waals surface area contributed by atoms with Gasteiger partial charge in [0.1, 0.15) is 0 Å². The summed E-state index contributed by atoms with van der Waals surface area (Å²) < 4.78 is 2.55. The first-order chi connectivity index (χ1) is 11.4. The van der Waals surface area contributed by atoms with Gasteiger partial charge in [0.2, 0.25) is 5.16 Å². The zero-order valence-electron chi connectivity index (χ0n) is 11.8. The van der Waals surface area contributed by atoms with Crippen molar-refractivity contribution in [2.45, 2.75) is 9.50 Å². The Bertz CT molecular complexity index is 904. The molecule has 0 unspecified atom stereocenters. The largest absolute Gasteiger partial charge is 0.262 e. The van der Waals surface area contributed by atoms with Crippen LogP contribution in [0, 0.1) is 0 Å². The monoisotopic (exact) mass is 338 g/mol. The number of hydrogen-bond donors (Lipinski definition) is 0. The quantitative estimate of drug-likeness (QED) is 0.568. The van der Waals surface area contributed by atoms with E-state index < -0.39 is 0 Å². The van der Waals surface area contributed by atoms with Gasteiger partial charge in [-0.15, -0.1) is 16.4 Å². The van der Waals surface area contributed by atoms with Crippen LogP contribution in [0.1, 0.15) is 0 Å². The van der Waals surface area contributed by atoms with Crippen LogP contribution < -0.4 is 0 Å². The molecule has 0 saturated carbocycles. The van der Waals surface area contributed by atoms with E-state index in [4.69, 9.17) is 0 Å². The number of aromatic nitrogens is 6. The number of nitrogens with zero attached hydrogens (tertiary/aromatic N) is 6. The molecular formula is C15H10N6S2. The van der Waals surface area contributed by atoms with Gasteiger partial charge in [-0.05, 0) is 34.3 Å². The van der Waals surface area contributed by atoms with Crippen LogP contribution in [0.3, 0.4) is 0 Å². The molecule has 8 heteroatoms.